The Kier molecular flexibility index (Phi) is 8.19. The summed E-state index contributed by atoms with van der Waals surface area (Å²) in [6.07, 6.45) is 5.29. The van der Waals surface area contributed by atoms with Gasteiger partial charge in [0, 0.05) is 11.0 Å². The minimum atomic E-state index is -1.47. The van der Waals surface area contributed by atoms with Crippen LogP contribution in [0.15, 0.2) is 11.1 Å². The number of Topliss-reactive ketones (excluding diaryl/α,β-unsaturated/α-hetero) is 2. The van der Waals surface area contributed by atoms with Crippen LogP contribution in [0.3, 0.4) is 0 Å². The van der Waals surface area contributed by atoms with Crippen LogP contribution in [0.5, 0.6) is 0 Å². The molecular weight excluding hydrogens is 600 g/mol. The fraction of sp³-hybridized carbons (Fsp3) is 0.842. The third-order valence-electron chi connectivity index (χ3n) is 14.6. The summed E-state index contributed by atoms with van der Waals surface area (Å²) in [6, 6.07) is 0. The highest BCUT2D eigenvalue weighted by Gasteiger charge is 2.73. The molecule has 0 spiro atoms. The van der Waals surface area contributed by atoms with Crippen molar-refractivity contribution in [2.24, 2.45) is 50.7 Å². The molecule has 0 bridgehead atoms. The molecule has 1 aliphatic heterocycles. The zero-order valence-corrected chi connectivity index (χ0v) is 30.2. The van der Waals surface area contributed by atoms with E-state index in [1.165, 1.54) is 7.11 Å². The van der Waals surface area contributed by atoms with Gasteiger partial charge >= 0.3 is 12.1 Å². The van der Waals surface area contributed by atoms with Gasteiger partial charge in [-0.1, -0.05) is 48.5 Å². The van der Waals surface area contributed by atoms with Crippen LogP contribution < -0.4 is 0 Å². The number of hydrogen-bond acceptors (Lipinski definition) is 9. The van der Waals surface area contributed by atoms with Crippen molar-refractivity contribution in [1.82, 2.24) is 0 Å². The number of hydrogen-bond donors (Lipinski definition) is 0. The molecular formula is C38H56O9. The molecule has 9 heteroatoms. The maximum absolute atomic E-state index is 13.7. The van der Waals surface area contributed by atoms with E-state index in [2.05, 4.69) is 34.6 Å². The first kappa shape index (κ1) is 34.6. The normalized spacial score (nSPS) is 43.5. The average molecular weight is 657 g/mol. The van der Waals surface area contributed by atoms with Crippen molar-refractivity contribution < 1.29 is 42.9 Å². The highest BCUT2D eigenvalue weighted by molar-refractivity contribution is 6.52. The summed E-state index contributed by atoms with van der Waals surface area (Å²) in [5.41, 5.74) is -0.633. The minimum Gasteiger partial charge on any atom is -0.468 e. The first-order valence-corrected chi connectivity index (χ1v) is 17.9. The summed E-state index contributed by atoms with van der Waals surface area (Å²) in [6.45, 7) is 19.9. The summed E-state index contributed by atoms with van der Waals surface area (Å²) in [4.78, 5) is 53.7. The third kappa shape index (κ3) is 4.74. The quantitative estimate of drug-likeness (QED) is 0.175. The van der Waals surface area contributed by atoms with Crippen molar-refractivity contribution in [3.05, 3.63) is 11.1 Å². The van der Waals surface area contributed by atoms with E-state index in [4.69, 9.17) is 23.7 Å². The Bertz CT molecular complexity index is 1390. The van der Waals surface area contributed by atoms with Crippen LogP contribution in [-0.4, -0.2) is 62.0 Å². The molecule has 9 atom stereocenters. The molecule has 6 rings (SSSR count). The zero-order valence-electron chi connectivity index (χ0n) is 30.2. The number of allylic oxidation sites excluding steroid dienone is 1. The van der Waals surface area contributed by atoms with Crippen LogP contribution in [0, 0.1) is 50.7 Å². The molecule has 4 saturated carbocycles. The maximum Gasteiger partial charge on any atom is 0.508 e. The fourth-order valence-corrected chi connectivity index (χ4v) is 12.2. The van der Waals surface area contributed by atoms with Crippen molar-refractivity contribution in [2.45, 2.75) is 132 Å². The molecule has 262 valence electrons. The average Bonchev–Trinajstić information content (AvgIpc) is 3.46. The van der Waals surface area contributed by atoms with E-state index in [1.807, 2.05) is 27.7 Å². The van der Waals surface area contributed by atoms with Crippen LogP contribution in [0.4, 0.5) is 4.79 Å². The molecule has 5 fully saturated rings. The van der Waals surface area contributed by atoms with Crippen molar-refractivity contribution >= 4 is 23.7 Å². The number of fused-ring (bicyclic) bond motifs is 7. The van der Waals surface area contributed by atoms with Gasteiger partial charge in [0.15, 0.2) is 11.2 Å². The van der Waals surface area contributed by atoms with E-state index in [1.54, 1.807) is 0 Å². The number of rotatable bonds is 5. The van der Waals surface area contributed by atoms with Gasteiger partial charge in [-0.3, -0.25) is 14.4 Å². The molecule has 0 aromatic carbocycles. The highest BCUT2D eigenvalue weighted by Crippen LogP contribution is 2.76. The van der Waals surface area contributed by atoms with Crippen LogP contribution in [0.1, 0.15) is 114 Å². The second-order valence-electron chi connectivity index (χ2n) is 17.6. The van der Waals surface area contributed by atoms with Gasteiger partial charge in [0.05, 0.1) is 13.7 Å². The highest BCUT2D eigenvalue weighted by atomic mass is 16.8. The molecule has 0 aromatic heterocycles. The Morgan fingerprint density at radius 1 is 0.872 bits per heavy atom. The molecule has 0 N–H and O–H groups in total. The topological polar surface area (TPSA) is 114 Å². The van der Waals surface area contributed by atoms with Gasteiger partial charge < -0.3 is 23.7 Å². The molecule has 47 heavy (non-hydrogen) atoms. The van der Waals surface area contributed by atoms with E-state index < -0.39 is 34.9 Å². The monoisotopic (exact) mass is 656 g/mol. The second-order valence-corrected chi connectivity index (χ2v) is 17.6. The smallest absolute Gasteiger partial charge is 0.468 e. The number of ether oxygens (including phenoxy) is 5. The van der Waals surface area contributed by atoms with E-state index in [0.717, 1.165) is 44.1 Å². The predicted molar refractivity (Wildman–Crippen MR) is 173 cm³/mol. The Hall–Kier alpha value is -2.26. The first-order chi connectivity index (χ1) is 21.8. The van der Waals surface area contributed by atoms with Gasteiger partial charge in [-0.25, -0.2) is 4.79 Å². The lowest BCUT2D eigenvalue weighted by Crippen LogP contribution is -2.66. The molecule has 0 amide bonds. The second kappa shape index (κ2) is 11.1. The number of carbonyl (C=O) groups excluding carboxylic acids is 4. The van der Waals surface area contributed by atoms with Crippen LogP contribution in [0.25, 0.3) is 0 Å². The lowest BCUT2D eigenvalue weighted by Gasteiger charge is -2.71. The van der Waals surface area contributed by atoms with E-state index >= 15 is 0 Å². The van der Waals surface area contributed by atoms with Crippen molar-refractivity contribution in [1.29, 1.82) is 0 Å². The molecule has 2 unspecified atom stereocenters. The zero-order chi connectivity index (χ0) is 34.5. The fourth-order valence-electron chi connectivity index (χ4n) is 12.2. The summed E-state index contributed by atoms with van der Waals surface area (Å²) in [5, 5.41) is 0. The Labute approximate surface area is 280 Å². The van der Waals surface area contributed by atoms with E-state index in [9.17, 15) is 19.2 Å². The van der Waals surface area contributed by atoms with Crippen molar-refractivity contribution in [2.75, 3.05) is 20.3 Å². The maximum atomic E-state index is 13.7. The minimum absolute atomic E-state index is 0.0162. The lowest BCUT2D eigenvalue weighted by molar-refractivity contribution is -0.230. The summed E-state index contributed by atoms with van der Waals surface area (Å²) >= 11 is 0. The van der Waals surface area contributed by atoms with Gasteiger partial charge in [0.25, 0.3) is 0 Å². The first-order valence-electron chi connectivity index (χ1n) is 17.9. The van der Waals surface area contributed by atoms with Crippen LogP contribution in [0.2, 0.25) is 0 Å². The third-order valence-corrected chi connectivity index (χ3v) is 14.6. The lowest BCUT2D eigenvalue weighted by atomic mass is 9.33. The summed E-state index contributed by atoms with van der Waals surface area (Å²) in [5.74, 6) is -1.76. The number of methoxy groups -OCH3 is 1. The van der Waals surface area contributed by atoms with Crippen LogP contribution in [-0.2, 0) is 38.1 Å². The Balaban J connectivity index is 1.25. The summed E-state index contributed by atoms with van der Waals surface area (Å²) < 4.78 is 28.2. The number of ketones is 2. The van der Waals surface area contributed by atoms with Gasteiger partial charge in [-0.05, 0) is 111 Å². The summed E-state index contributed by atoms with van der Waals surface area (Å²) in [7, 11) is 1.33. The SMILES string of the molecule is COC(=O)[C@@]12CC[C@]3(C)[C@H](CCC4[C@@]5(C)CC[C@H](OC(=O)OCC6COC(C)(C)O6)C(C)(C)[C@@H]5CC[C@]43C)C1=C(C(C)C)C(=O)C2=O. The van der Waals surface area contributed by atoms with Gasteiger partial charge in [0.1, 0.15) is 18.8 Å². The molecule has 1 heterocycles. The van der Waals surface area contributed by atoms with Gasteiger partial charge in [-0.15, -0.1) is 0 Å². The van der Waals surface area contributed by atoms with Crippen LogP contribution >= 0.6 is 0 Å². The molecule has 0 radical (unpaired) electrons. The number of esters is 1. The standard InChI is InChI=1S/C38H56O9/c1-21(2)27-28-23-11-12-25-35(7)15-14-26(46-32(42)44-19-22-20-45-34(5,6)47-22)33(3,4)24(35)13-16-37(25,9)36(23,8)17-18-38(28,31(41)43-10)30(40)29(27)39/h21-26H,11-20H2,1-10H3/t22?,23-,24+,25?,26+,35+,36-,37-,38+/m1/s1. The Morgan fingerprint density at radius 2 is 1.57 bits per heavy atom. The van der Waals surface area contributed by atoms with Crippen molar-refractivity contribution in [3.8, 4) is 0 Å². The molecule has 9 nitrogen and oxygen atoms in total. The molecule has 6 aliphatic rings. The van der Waals surface area contributed by atoms with Crippen molar-refractivity contribution in [3.63, 3.8) is 0 Å². The van der Waals surface area contributed by atoms with Gasteiger partial charge in [-0.2, -0.15) is 0 Å². The largest absolute Gasteiger partial charge is 0.508 e. The molecule has 5 aliphatic carbocycles. The molecule has 1 saturated heterocycles. The molecule has 0 aromatic rings. The van der Waals surface area contributed by atoms with Gasteiger partial charge in [0.2, 0.25) is 11.6 Å². The van der Waals surface area contributed by atoms with E-state index in [-0.39, 0.29) is 52.3 Å². The van der Waals surface area contributed by atoms with E-state index in [0.29, 0.717) is 36.9 Å². The number of carbonyl (C=O) groups is 4. The Morgan fingerprint density at radius 3 is 2.19 bits per heavy atom. The predicted octanol–water partition coefficient (Wildman–Crippen LogP) is 6.99.